The van der Waals surface area contributed by atoms with Crippen molar-refractivity contribution in [2.75, 3.05) is 12.4 Å². The van der Waals surface area contributed by atoms with Crippen LogP contribution >= 0.6 is 27.3 Å². The average molecular weight is 269 g/mol. The molecule has 12 heavy (non-hydrogen) atoms. The first-order valence-corrected chi connectivity index (χ1v) is 6.52. The van der Waals surface area contributed by atoms with Crippen LogP contribution in [0.4, 0.5) is 0 Å². The van der Waals surface area contributed by atoms with Gasteiger partial charge in [-0.15, -0.1) is 11.3 Å². The van der Waals surface area contributed by atoms with Gasteiger partial charge in [0.15, 0.2) is 0 Å². The van der Waals surface area contributed by atoms with Crippen molar-refractivity contribution < 1.29 is 9.32 Å². The van der Waals surface area contributed by atoms with E-state index in [1.54, 1.807) is 11.3 Å². The molecule has 5 heteroatoms. The monoisotopic (exact) mass is 268 g/mol. The van der Waals surface area contributed by atoms with Gasteiger partial charge >= 0.3 is 0 Å². The number of halogens is 1. The molecule has 1 N–H and O–H groups in total. The SMILES string of the molecule is O=S(CCO)Cc1ccc(Br)s1. The number of hydrogen-bond donors (Lipinski definition) is 1. The van der Waals surface area contributed by atoms with Gasteiger partial charge in [-0.3, -0.25) is 4.21 Å². The molecule has 0 aromatic carbocycles. The highest BCUT2D eigenvalue weighted by Gasteiger charge is 2.02. The summed E-state index contributed by atoms with van der Waals surface area (Å²) in [5, 5.41) is 8.52. The van der Waals surface area contributed by atoms with Crippen molar-refractivity contribution in [2.45, 2.75) is 5.75 Å². The Hall–Kier alpha value is 0.290. The van der Waals surface area contributed by atoms with E-state index in [-0.39, 0.29) is 6.61 Å². The molecule has 0 fully saturated rings. The number of rotatable bonds is 4. The largest absolute Gasteiger partial charge is 0.395 e. The number of thiophene rings is 1. The van der Waals surface area contributed by atoms with Gasteiger partial charge in [-0.1, -0.05) is 0 Å². The minimum Gasteiger partial charge on any atom is -0.395 e. The van der Waals surface area contributed by atoms with Gasteiger partial charge in [0.25, 0.3) is 0 Å². The molecule has 0 aliphatic rings. The minimum absolute atomic E-state index is 0.000837. The lowest BCUT2D eigenvalue weighted by Crippen LogP contribution is -2.03. The summed E-state index contributed by atoms with van der Waals surface area (Å²) < 4.78 is 12.2. The first-order valence-electron chi connectivity index (χ1n) is 3.42. The highest BCUT2D eigenvalue weighted by molar-refractivity contribution is 9.11. The maximum absolute atomic E-state index is 11.2. The Labute approximate surface area is 86.2 Å². The van der Waals surface area contributed by atoms with Crippen LogP contribution in [0, 0.1) is 0 Å². The van der Waals surface area contributed by atoms with E-state index < -0.39 is 10.8 Å². The van der Waals surface area contributed by atoms with Crippen LogP contribution in [0.2, 0.25) is 0 Å². The van der Waals surface area contributed by atoms with Gasteiger partial charge in [0, 0.05) is 21.4 Å². The molecule has 0 radical (unpaired) electrons. The average Bonchev–Trinajstić information content (AvgIpc) is 2.36. The molecule has 1 heterocycles. The summed E-state index contributed by atoms with van der Waals surface area (Å²) in [5.74, 6) is 0.923. The molecule has 0 aliphatic carbocycles. The smallest absolute Gasteiger partial charge is 0.0701 e. The van der Waals surface area contributed by atoms with Gasteiger partial charge in [0.1, 0.15) is 0 Å². The second-order valence-electron chi connectivity index (χ2n) is 2.22. The third kappa shape index (κ3) is 3.35. The molecular weight excluding hydrogens is 260 g/mol. The lowest BCUT2D eigenvalue weighted by atomic mass is 10.5. The summed E-state index contributed by atoms with van der Waals surface area (Å²) in [4.78, 5) is 1.09. The first-order chi connectivity index (χ1) is 5.72. The van der Waals surface area contributed by atoms with Crippen molar-refractivity contribution in [1.82, 2.24) is 0 Å². The van der Waals surface area contributed by atoms with Gasteiger partial charge in [-0.2, -0.15) is 0 Å². The first kappa shape index (κ1) is 10.4. The van der Waals surface area contributed by atoms with Crippen molar-refractivity contribution in [1.29, 1.82) is 0 Å². The Morgan fingerprint density at radius 3 is 2.83 bits per heavy atom. The predicted octanol–water partition coefficient (Wildman–Crippen LogP) is 1.75. The lowest BCUT2D eigenvalue weighted by Gasteiger charge is -1.95. The van der Waals surface area contributed by atoms with Crippen molar-refractivity contribution in [3.8, 4) is 0 Å². The van der Waals surface area contributed by atoms with Gasteiger partial charge in [-0.05, 0) is 28.1 Å². The van der Waals surface area contributed by atoms with Crippen molar-refractivity contribution in [3.05, 3.63) is 20.8 Å². The van der Waals surface area contributed by atoms with E-state index in [1.165, 1.54) is 0 Å². The predicted molar refractivity (Wildman–Crippen MR) is 55.8 cm³/mol. The van der Waals surface area contributed by atoms with Crippen molar-refractivity contribution >= 4 is 38.1 Å². The van der Waals surface area contributed by atoms with Gasteiger partial charge in [-0.25, -0.2) is 0 Å². The van der Waals surface area contributed by atoms with Crippen LogP contribution in [0.25, 0.3) is 0 Å². The molecule has 0 spiro atoms. The van der Waals surface area contributed by atoms with Crippen LogP contribution in [0.15, 0.2) is 15.9 Å². The summed E-state index contributed by atoms with van der Waals surface area (Å²) in [6.45, 7) is -0.000837. The van der Waals surface area contributed by atoms with E-state index in [0.717, 1.165) is 8.66 Å². The van der Waals surface area contributed by atoms with Crippen LogP contribution in [-0.4, -0.2) is 21.7 Å². The quantitative estimate of drug-likeness (QED) is 0.904. The summed E-state index contributed by atoms with van der Waals surface area (Å²) in [7, 11) is -0.918. The fraction of sp³-hybridized carbons (Fsp3) is 0.429. The molecule has 68 valence electrons. The Bertz CT molecular complexity index is 272. The highest BCUT2D eigenvalue weighted by Crippen LogP contribution is 2.22. The van der Waals surface area contributed by atoms with Crippen LogP contribution in [0.3, 0.4) is 0 Å². The summed E-state index contributed by atoms with van der Waals surface area (Å²) in [6.07, 6.45) is 0. The Kier molecular flexibility index (Phi) is 4.42. The van der Waals surface area contributed by atoms with Crippen LogP contribution in [0.5, 0.6) is 0 Å². The topological polar surface area (TPSA) is 37.3 Å². The van der Waals surface area contributed by atoms with Crippen LogP contribution in [-0.2, 0) is 16.6 Å². The van der Waals surface area contributed by atoms with Crippen LogP contribution in [0.1, 0.15) is 4.88 Å². The Balaban J connectivity index is 2.46. The molecule has 0 bridgehead atoms. The Morgan fingerprint density at radius 2 is 2.33 bits per heavy atom. The third-order valence-corrected chi connectivity index (χ3v) is 4.33. The third-order valence-electron chi connectivity index (χ3n) is 1.25. The second kappa shape index (κ2) is 5.11. The standard InChI is InChI=1S/C7H9BrO2S2/c8-7-2-1-6(11-7)5-12(10)4-3-9/h1-2,9H,3-5H2. The van der Waals surface area contributed by atoms with Gasteiger partial charge in [0.05, 0.1) is 16.1 Å². The fourth-order valence-electron chi connectivity index (χ4n) is 0.762. The maximum atomic E-state index is 11.2. The minimum atomic E-state index is -0.918. The van der Waals surface area contributed by atoms with E-state index in [4.69, 9.17) is 5.11 Å². The fourth-order valence-corrected chi connectivity index (χ4v) is 3.43. The van der Waals surface area contributed by atoms with E-state index in [9.17, 15) is 4.21 Å². The molecule has 0 amide bonds. The highest BCUT2D eigenvalue weighted by atomic mass is 79.9. The van der Waals surface area contributed by atoms with E-state index >= 15 is 0 Å². The molecule has 2 nitrogen and oxygen atoms in total. The molecule has 0 saturated carbocycles. The molecule has 0 aliphatic heterocycles. The van der Waals surface area contributed by atoms with Gasteiger partial charge < -0.3 is 5.11 Å². The molecular formula is C7H9BrO2S2. The second-order valence-corrected chi connectivity index (χ2v) is 6.34. The number of aliphatic hydroxyl groups is 1. The summed E-state index contributed by atoms with van der Waals surface area (Å²) in [6, 6.07) is 3.89. The maximum Gasteiger partial charge on any atom is 0.0701 e. The molecule has 0 saturated heterocycles. The molecule has 1 aromatic rings. The van der Waals surface area contributed by atoms with Crippen molar-refractivity contribution in [3.63, 3.8) is 0 Å². The molecule has 1 unspecified atom stereocenters. The molecule has 1 rings (SSSR count). The van der Waals surface area contributed by atoms with E-state index in [2.05, 4.69) is 15.9 Å². The van der Waals surface area contributed by atoms with Crippen molar-refractivity contribution in [2.24, 2.45) is 0 Å². The molecule has 1 aromatic heterocycles. The number of aliphatic hydroxyl groups excluding tert-OH is 1. The van der Waals surface area contributed by atoms with Gasteiger partial charge in [0.2, 0.25) is 0 Å². The lowest BCUT2D eigenvalue weighted by molar-refractivity contribution is 0.321. The summed E-state index contributed by atoms with van der Waals surface area (Å²) >= 11 is 4.92. The molecule has 1 atom stereocenters. The van der Waals surface area contributed by atoms with E-state index in [1.807, 2.05) is 12.1 Å². The Morgan fingerprint density at radius 1 is 1.58 bits per heavy atom. The zero-order valence-corrected chi connectivity index (χ0v) is 9.54. The zero-order valence-electron chi connectivity index (χ0n) is 6.33. The zero-order chi connectivity index (χ0) is 8.97. The van der Waals surface area contributed by atoms with E-state index in [0.29, 0.717) is 11.5 Å². The van der Waals surface area contributed by atoms with Crippen LogP contribution < -0.4 is 0 Å². The normalized spacial score (nSPS) is 13.2. The number of hydrogen-bond acceptors (Lipinski definition) is 3. The summed E-state index contributed by atoms with van der Waals surface area (Å²) in [5.41, 5.74) is 0.